The quantitative estimate of drug-likeness (QED) is 0.635. The number of aromatic nitrogens is 2. The number of anilines is 3. The van der Waals surface area contributed by atoms with E-state index in [9.17, 15) is 4.39 Å². The standard InChI is InChI=1S/C21H25FN4/c1-13-10-15(22)12-16(11-13)24-20-25-18-9-7-6-8-17(18)19(26-20)23-14(2)21(3,4)5/h6-12,14H,1-5H3,(H2,23,24,25,26)/t14-/m1/s1. The minimum Gasteiger partial charge on any atom is -0.366 e. The molecule has 0 aliphatic rings. The Kier molecular flexibility index (Phi) is 4.81. The normalized spacial score (nSPS) is 12.8. The number of fused-ring (bicyclic) bond motifs is 1. The van der Waals surface area contributed by atoms with Gasteiger partial charge in [0, 0.05) is 17.1 Å². The van der Waals surface area contributed by atoms with Crippen molar-refractivity contribution in [1.82, 2.24) is 9.97 Å². The molecule has 0 aliphatic heterocycles. The minimum atomic E-state index is -0.284. The number of hydrogen-bond acceptors (Lipinski definition) is 4. The van der Waals surface area contributed by atoms with E-state index in [0.29, 0.717) is 11.6 Å². The number of benzene rings is 2. The van der Waals surface area contributed by atoms with Crippen LogP contribution in [0.4, 0.5) is 21.8 Å². The fourth-order valence-electron chi connectivity index (χ4n) is 2.60. The predicted molar refractivity (Wildman–Crippen MR) is 106 cm³/mol. The van der Waals surface area contributed by atoms with E-state index in [-0.39, 0.29) is 17.3 Å². The highest BCUT2D eigenvalue weighted by Crippen LogP contribution is 2.28. The molecular formula is C21H25FN4. The fourth-order valence-corrected chi connectivity index (χ4v) is 2.60. The topological polar surface area (TPSA) is 49.8 Å². The number of para-hydroxylation sites is 1. The number of aryl methyl sites for hydroxylation is 1. The van der Waals surface area contributed by atoms with Gasteiger partial charge in [-0.25, -0.2) is 9.37 Å². The Balaban J connectivity index is 2.01. The number of halogens is 1. The summed E-state index contributed by atoms with van der Waals surface area (Å²) in [5.41, 5.74) is 2.39. The molecule has 0 spiro atoms. The van der Waals surface area contributed by atoms with Crippen LogP contribution in [0.2, 0.25) is 0 Å². The van der Waals surface area contributed by atoms with Crippen molar-refractivity contribution < 1.29 is 4.39 Å². The van der Waals surface area contributed by atoms with Crippen molar-refractivity contribution in [2.45, 2.75) is 40.7 Å². The monoisotopic (exact) mass is 352 g/mol. The van der Waals surface area contributed by atoms with Gasteiger partial charge in [0.2, 0.25) is 5.95 Å². The Morgan fingerprint density at radius 2 is 1.77 bits per heavy atom. The Labute approximate surface area is 153 Å². The number of hydrogen-bond donors (Lipinski definition) is 2. The maximum Gasteiger partial charge on any atom is 0.229 e. The molecule has 2 aromatic carbocycles. The SMILES string of the molecule is Cc1cc(F)cc(Nc2nc(N[C@H](C)C(C)(C)C)c3ccccc3n2)c1. The lowest BCUT2D eigenvalue weighted by molar-refractivity contribution is 0.359. The zero-order valence-corrected chi connectivity index (χ0v) is 15.9. The van der Waals surface area contributed by atoms with Gasteiger partial charge in [0.05, 0.1) is 5.52 Å². The highest BCUT2D eigenvalue weighted by molar-refractivity contribution is 5.90. The van der Waals surface area contributed by atoms with Crippen LogP contribution < -0.4 is 10.6 Å². The smallest absolute Gasteiger partial charge is 0.229 e. The first-order chi connectivity index (χ1) is 12.2. The first-order valence-electron chi connectivity index (χ1n) is 8.80. The second kappa shape index (κ2) is 6.90. The summed E-state index contributed by atoms with van der Waals surface area (Å²) in [4.78, 5) is 9.23. The molecule has 3 rings (SSSR count). The summed E-state index contributed by atoms with van der Waals surface area (Å²) in [6.45, 7) is 10.5. The largest absolute Gasteiger partial charge is 0.366 e. The lowest BCUT2D eigenvalue weighted by atomic mass is 9.88. The third-order valence-corrected chi connectivity index (χ3v) is 4.55. The molecule has 5 heteroatoms. The molecule has 0 unspecified atom stereocenters. The van der Waals surface area contributed by atoms with Crippen LogP contribution in [0.25, 0.3) is 10.9 Å². The average Bonchev–Trinajstić information content (AvgIpc) is 2.53. The van der Waals surface area contributed by atoms with Crippen LogP contribution in [0.3, 0.4) is 0 Å². The number of nitrogens with one attached hydrogen (secondary N) is 2. The van der Waals surface area contributed by atoms with E-state index in [4.69, 9.17) is 0 Å². The second-order valence-corrected chi connectivity index (χ2v) is 7.79. The van der Waals surface area contributed by atoms with E-state index in [0.717, 1.165) is 22.3 Å². The van der Waals surface area contributed by atoms with Crippen LogP contribution >= 0.6 is 0 Å². The van der Waals surface area contributed by atoms with E-state index in [2.05, 4.69) is 48.3 Å². The van der Waals surface area contributed by atoms with Gasteiger partial charge in [-0.3, -0.25) is 0 Å². The minimum absolute atomic E-state index is 0.0827. The summed E-state index contributed by atoms with van der Waals surface area (Å²) >= 11 is 0. The summed E-state index contributed by atoms with van der Waals surface area (Å²) in [6.07, 6.45) is 0. The lowest BCUT2D eigenvalue weighted by Gasteiger charge is -2.29. The molecular weight excluding hydrogens is 327 g/mol. The van der Waals surface area contributed by atoms with Crippen LogP contribution in [-0.4, -0.2) is 16.0 Å². The van der Waals surface area contributed by atoms with Crippen LogP contribution in [0, 0.1) is 18.2 Å². The van der Waals surface area contributed by atoms with Gasteiger partial charge < -0.3 is 10.6 Å². The highest BCUT2D eigenvalue weighted by Gasteiger charge is 2.21. The van der Waals surface area contributed by atoms with Crippen LogP contribution in [-0.2, 0) is 0 Å². The van der Waals surface area contributed by atoms with Gasteiger partial charge in [-0.1, -0.05) is 32.9 Å². The molecule has 136 valence electrons. The Hall–Kier alpha value is -2.69. The molecule has 2 N–H and O–H groups in total. The summed E-state index contributed by atoms with van der Waals surface area (Å²) in [5, 5.41) is 7.60. The molecule has 0 amide bonds. The van der Waals surface area contributed by atoms with Gasteiger partial charge in [0.1, 0.15) is 11.6 Å². The van der Waals surface area contributed by atoms with Crippen molar-refractivity contribution >= 4 is 28.4 Å². The molecule has 0 saturated carbocycles. The summed E-state index contributed by atoms with van der Waals surface area (Å²) in [6, 6.07) is 12.9. The highest BCUT2D eigenvalue weighted by atomic mass is 19.1. The van der Waals surface area contributed by atoms with Gasteiger partial charge in [-0.2, -0.15) is 4.98 Å². The van der Waals surface area contributed by atoms with E-state index < -0.39 is 0 Å². The van der Waals surface area contributed by atoms with Crippen molar-refractivity contribution in [3.8, 4) is 0 Å². The van der Waals surface area contributed by atoms with Gasteiger partial charge in [0.25, 0.3) is 0 Å². The third kappa shape index (κ3) is 4.10. The zero-order valence-electron chi connectivity index (χ0n) is 15.9. The fraction of sp³-hybridized carbons (Fsp3) is 0.333. The van der Waals surface area contributed by atoms with Crippen molar-refractivity contribution in [1.29, 1.82) is 0 Å². The van der Waals surface area contributed by atoms with Crippen molar-refractivity contribution in [2.75, 3.05) is 10.6 Å². The van der Waals surface area contributed by atoms with Gasteiger partial charge in [-0.15, -0.1) is 0 Å². The predicted octanol–water partition coefficient (Wildman–Crippen LogP) is 5.67. The summed E-state index contributed by atoms with van der Waals surface area (Å²) < 4.78 is 13.7. The Bertz CT molecular complexity index is 911. The van der Waals surface area contributed by atoms with E-state index >= 15 is 0 Å². The molecule has 1 atom stereocenters. The summed E-state index contributed by atoms with van der Waals surface area (Å²) in [7, 11) is 0. The average molecular weight is 352 g/mol. The van der Waals surface area contributed by atoms with Crippen LogP contribution in [0.1, 0.15) is 33.3 Å². The van der Waals surface area contributed by atoms with Gasteiger partial charge in [-0.05, 0) is 55.2 Å². The molecule has 0 radical (unpaired) electrons. The third-order valence-electron chi connectivity index (χ3n) is 4.55. The maximum absolute atomic E-state index is 13.7. The Morgan fingerprint density at radius 3 is 2.46 bits per heavy atom. The molecule has 26 heavy (non-hydrogen) atoms. The molecule has 1 heterocycles. The molecule has 0 saturated heterocycles. The zero-order chi connectivity index (χ0) is 18.9. The molecule has 1 aromatic heterocycles. The van der Waals surface area contributed by atoms with Crippen molar-refractivity contribution in [2.24, 2.45) is 5.41 Å². The van der Waals surface area contributed by atoms with Crippen molar-refractivity contribution in [3.05, 3.63) is 53.8 Å². The number of rotatable bonds is 4. The van der Waals surface area contributed by atoms with Crippen molar-refractivity contribution in [3.63, 3.8) is 0 Å². The summed E-state index contributed by atoms with van der Waals surface area (Å²) in [5.74, 6) is 0.930. The van der Waals surface area contributed by atoms with Gasteiger partial charge in [0.15, 0.2) is 0 Å². The van der Waals surface area contributed by atoms with E-state index in [1.165, 1.54) is 12.1 Å². The first-order valence-corrected chi connectivity index (χ1v) is 8.80. The van der Waals surface area contributed by atoms with E-state index in [1.54, 1.807) is 0 Å². The lowest BCUT2D eigenvalue weighted by Crippen LogP contribution is -2.31. The van der Waals surface area contributed by atoms with Crippen LogP contribution in [0.5, 0.6) is 0 Å². The van der Waals surface area contributed by atoms with E-state index in [1.807, 2.05) is 37.3 Å². The Morgan fingerprint density at radius 1 is 1.04 bits per heavy atom. The first kappa shape index (κ1) is 18.1. The maximum atomic E-state index is 13.7. The molecule has 0 aliphatic carbocycles. The van der Waals surface area contributed by atoms with Crippen LogP contribution in [0.15, 0.2) is 42.5 Å². The van der Waals surface area contributed by atoms with Gasteiger partial charge >= 0.3 is 0 Å². The molecule has 3 aromatic rings. The molecule has 0 fully saturated rings. The molecule has 0 bridgehead atoms. The number of nitrogens with zero attached hydrogens (tertiary/aromatic N) is 2. The molecule has 4 nitrogen and oxygen atoms in total. The second-order valence-electron chi connectivity index (χ2n) is 7.79.